The zero-order valence-corrected chi connectivity index (χ0v) is 12.3. The first-order chi connectivity index (χ1) is 9.76. The van der Waals surface area contributed by atoms with Gasteiger partial charge in [0.25, 0.3) is 0 Å². The maximum atomic E-state index is 5.47. The van der Waals surface area contributed by atoms with E-state index in [1.54, 1.807) is 13.3 Å². The molecule has 1 aromatic carbocycles. The molecule has 0 saturated heterocycles. The van der Waals surface area contributed by atoms with Gasteiger partial charge < -0.3 is 10.1 Å². The molecular formula is C16H21N3O. The third kappa shape index (κ3) is 2.00. The van der Waals surface area contributed by atoms with Crippen LogP contribution in [0.2, 0.25) is 0 Å². The van der Waals surface area contributed by atoms with E-state index in [2.05, 4.69) is 34.7 Å². The molecule has 1 N–H and O–H groups in total. The van der Waals surface area contributed by atoms with Crippen LogP contribution >= 0.6 is 0 Å². The fourth-order valence-corrected chi connectivity index (χ4v) is 3.40. The van der Waals surface area contributed by atoms with Crippen molar-refractivity contribution < 1.29 is 4.74 Å². The molecular weight excluding hydrogens is 250 g/mol. The first kappa shape index (κ1) is 13.2. The number of likely N-dealkylation sites (N-methyl/N-ethyl adjacent to an activating group) is 1. The third-order valence-corrected chi connectivity index (χ3v) is 4.36. The van der Waals surface area contributed by atoms with Crippen LogP contribution in [0, 0.1) is 0 Å². The normalized spacial score (nSPS) is 18.9. The molecule has 0 amide bonds. The number of ether oxygens (including phenoxy) is 1. The Bertz CT molecular complexity index is 606. The number of hydrogen-bond donors (Lipinski definition) is 1. The summed E-state index contributed by atoms with van der Waals surface area (Å²) in [7, 11) is 5.69. The van der Waals surface area contributed by atoms with E-state index in [9.17, 15) is 0 Å². The van der Waals surface area contributed by atoms with Crippen molar-refractivity contribution >= 4 is 0 Å². The van der Waals surface area contributed by atoms with E-state index >= 15 is 0 Å². The fraction of sp³-hybridized carbons (Fsp3) is 0.438. The fourth-order valence-electron chi connectivity index (χ4n) is 3.40. The van der Waals surface area contributed by atoms with E-state index in [0.717, 1.165) is 17.9 Å². The van der Waals surface area contributed by atoms with Gasteiger partial charge in [-0.1, -0.05) is 24.3 Å². The molecule has 106 valence electrons. The predicted octanol–water partition coefficient (Wildman–Crippen LogP) is 2.42. The lowest BCUT2D eigenvalue weighted by Gasteiger charge is -2.25. The highest BCUT2D eigenvalue weighted by atomic mass is 16.5. The summed E-state index contributed by atoms with van der Waals surface area (Å²) in [5.74, 6) is 1.33. The molecule has 0 spiro atoms. The molecule has 1 aromatic heterocycles. The monoisotopic (exact) mass is 271 g/mol. The molecule has 4 heteroatoms. The lowest BCUT2D eigenvalue weighted by molar-refractivity contribution is 0.382. The Balaban J connectivity index is 2.01. The average Bonchev–Trinajstić information content (AvgIpc) is 3.06. The lowest BCUT2D eigenvalue weighted by Crippen LogP contribution is -2.25. The van der Waals surface area contributed by atoms with E-state index in [1.165, 1.54) is 17.5 Å². The molecule has 1 heterocycles. The number of rotatable bonds is 4. The van der Waals surface area contributed by atoms with Crippen LogP contribution in [0.25, 0.3) is 0 Å². The highest BCUT2D eigenvalue weighted by Gasteiger charge is 2.33. The maximum Gasteiger partial charge on any atom is 0.161 e. The van der Waals surface area contributed by atoms with Gasteiger partial charge in [0.05, 0.1) is 25.0 Å². The molecule has 1 aliphatic rings. The maximum absolute atomic E-state index is 5.47. The Hall–Kier alpha value is -1.81. The van der Waals surface area contributed by atoms with Crippen molar-refractivity contribution in [3.8, 4) is 5.75 Å². The standard InChI is InChI=1S/C16H21N3O/c1-17-15(16-14(20-3)10-18-19(16)2)13-9-8-11-6-4-5-7-12(11)13/h4-7,10,13,15,17H,8-9H2,1-3H3. The second-order valence-electron chi connectivity index (χ2n) is 5.33. The number of hydrogen-bond acceptors (Lipinski definition) is 3. The molecule has 2 atom stereocenters. The molecule has 20 heavy (non-hydrogen) atoms. The summed E-state index contributed by atoms with van der Waals surface area (Å²) in [6.07, 6.45) is 4.11. The predicted molar refractivity (Wildman–Crippen MR) is 79.1 cm³/mol. The van der Waals surface area contributed by atoms with Crippen molar-refractivity contribution in [1.29, 1.82) is 0 Å². The number of methoxy groups -OCH3 is 1. The quantitative estimate of drug-likeness (QED) is 0.928. The van der Waals surface area contributed by atoms with Crippen LogP contribution < -0.4 is 10.1 Å². The summed E-state index contributed by atoms with van der Waals surface area (Å²) in [4.78, 5) is 0. The molecule has 0 saturated carbocycles. The van der Waals surface area contributed by atoms with E-state index in [4.69, 9.17) is 4.74 Å². The minimum absolute atomic E-state index is 0.223. The van der Waals surface area contributed by atoms with Crippen molar-refractivity contribution in [3.63, 3.8) is 0 Å². The van der Waals surface area contributed by atoms with Crippen molar-refractivity contribution in [2.45, 2.75) is 24.8 Å². The first-order valence-corrected chi connectivity index (χ1v) is 7.07. The van der Waals surface area contributed by atoms with Crippen LogP contribution in [0.5, 0.6) is 5.75 Å². The highest BCUT2D eigenvalue weighted by molar-refractivity contribution is 5.39. The molecule has 0 fully saturated rings. The SMILES string of the molecule is CNC(c1c(OC)cnn1C)C1CCc2ccccc21. The average molecular weight is 271 g/mol. The Morgan fingerprint density at radius 3 is 2.95 bits per heavy atom. The number of benzene rings is 1. The third-order valence-electron chi connectivity index (χ3n) is 4.36. The van der Waals surface area contributed by atoms with Crippen LogP contribution in [0.3, 0.4) is 0 Å². The van der Waals surface area contributed by atoms with Crippen LogP contribution in [0.1, 0.15) is 35.2 Å². The smallest absolute Gasteiger partial charge is 0.161 e. The Labute approximate surface area is 119 Å². The summed E-state index contributed by atoms with van der Waals surface area (Å²) in [5.41, 5.74) is 4.05. The van der Waals surface area contributed by atoms with Crippen LogP contribution in [-0.2, 0) is 13.5 Å². The molecule has 0 aliphatic heterocycles. The van der Waals surface area contributed by atoms with Gasteiger partial charge in [0, 0.05) is 13.0 Å². The number of fused-ring (bicyclic) bond motifs is 1. The molecule has 3 rings (SSSR count). The molecule has 0 radical (unpaired) electrons. The summed E-state index contributed by atoms with van der Waals surface area (Å²) in [5, 5.41) is 7.80. The van der Waals surface area contributed by atoms with Gasteiger partial charge in [-0.2, -0.15) is 5.10 Å². The van der Waals surface area contributed by atoms with Gasteiger partial charge in [-0.25, -0.2) is 0 Å². The number of nitrogens with one attached hydrogen (secondary N) is 1. The summed E-state index contributed by atoms with van der Waals surface area (Å²) < 4.78 is 7.39. The second-order valence-corrected chi connectivity index (χ2v) is 5.33. The van der Waals surface area contributed by atoms with Crippen molar-refractivity contribution in [2.75, 3.05) is 14.2 Å². The molecule has 4 nitrogen and oxygen atoms in total. The van der Waals surface area contributed by atoms with Crippen molar-refractivity contribution in [3.05, 3.63) is 47.3 Å². The van der Waals surface area contributed by atoms with Crippen LogP contribution in [-0.4, -0.2) is 23.9 Å². The van der Waals surface area contributed by atoms with Crippen molar-refractivity contribution in [1.82, 2.24) is 15.1 Å². The van der Waals surface area contributed by atoms with Gasteiger partial charge in [0.2, 0.25) is 0 Å². The van der Waals surface area contributed by atoms with E-state index in [1.807, 2.05) is 18.8 Å². The number of aromatic nitrogens is 2. The Kier molecular flexibility index (Phi) is 3.49. The highest BCUT2D eigenvalue weighted by Crippen LogP contribution is 2.43. The second kappa shape index (κ2) is 5.29. The molecule has 2 aromatic rings. The molecule has 1 aliphatic carbocycles. The first-order valence-electron chi connectivity index (χ1n) is 7.07. The minimum atomic E-state index is 0.223. The van der Waals surface area contributed by atoms with E-state index < -0.39 is 0 Å². The van der Waals surface area contributed by atoms with Crippen LogP contribution in [0.15, 0.2) is 30.5 Å². The minimum Gasteiger partial charge on any atom is -0.493 e. The Morgan fingerprint density at radius 1 is 1.40 bits per heavy atom. The van der Waals surface area contributed by atoms with Gasteiger partial charge in [-0.15, -0.1) is 0 Å². The van der Waals surface area contributed by atoms with E-state index in [-0.39, 0.29) is 6.04 Å². The Morgan fingerprint density at radius 2 is 2.20 bits per heavy atom. The van der Waals surface area contributed by atoms with E-state index in [0.29, 0.717) is 5.92 Å². The summed E-state index contributed by atoms with van der Waals surface area (Å²) >= 11 is 0. The van der Waals surface area contributed by atoms with Gasteiger partial charge in [0.15, 0.2) is 5.75 Å². The van der Waals surface area contributed by atoms with Gasteiger partial charge in [-0.3, -0.25) is 4.68 Å². The number of nitrogens with zero attached hydrogens (tertiary/aromatic N) is 2. The van der Waals surface area contributed by atoms with Gasteiger partial charge in [0.1, 0.15) is 0 Å². The number of aryl methyl sites for hydroxylation is 2. The molecule has 2 unspecified atom stereocenters. The molecule has 0 bridgehead atoms. The largest absolute Gasteiger partial charge is 0.493 e. The summed E-state index contributed by atoms with van der Waals surface area (Å²) in [6.45, 7) is 0. The van der Waals surface area contributed by atoms with Crippen molar-refractivity contribution in [2.24, 2.45) is 7.05 Å². The zero-order valence-electron chi connectivity index (χ0n) is 12.3. The van der Waals surface area contributed by atoms with Crippen LogP contribution in [0.4, 0.5) is 0 Å². The summed E-state index contributed by atoms with van der Waals surface area (Å²) in [6, 6.07) is 8.97. The lowest BCUT2D eigenvalue weighted by atomic mass is 9.90. The van der Waals surface area contributed by atoms with Gasteiger partial charge in [-0.05, 0) is 31.0 Å². The van der Waals surface area contributed by atoms with Gasteiger partial charge >= 0.3 is 0 Å². The topological polar surface area (TPSA) is 39.1 Å². The zero-order chi connectivity index (χ0) is 14.1.